The Morgan fingerprint density at radius 2 is 1.77 bits per heavy atom. The predicted octanol–water partition coefficient (Wildman–Crippen LogP) is 2.83. The summed E-state index contributed by atoms with van der Waals surface area (Å²) in [4.78, 5) is 15.3. The summed E-state index contributed by atoms with van der Waals surface area (Å²) in [6.45, 7) is 3.42. The van der Waals surface area contributed by atoms with Crippen LogP contribution < -0.4 is 9.47 Å². The molecule has 1 atom stereocenters. The van der Waals surface area contributed by atoms with Gasteiger partial charge in [-0.05, 0) is 40.8 Å². The quantitative estimate of drug-likeness (QED) is 0.568. The zero-order valence-corrected chi connectivity index (χ0v) is 17.7. The lowest BCUT2D eigenvalue weighted by molar-refractivity contribution is -0.135. The van der Waals surface area contributed by atoms with Crippen LogP contribution in [-0.4, -0.2) is 66.2 Å². The highest BCUT2D eigenvalue weighted by molar-refractivity contribution is 7.97. The van der Waals surface area contributed by atoms with Gasteiger partial charge in [-0.2, -0.15) is 0 Å². The van der Waals surface area contributed by atoms with Gasteiger partial charge in [0.1, 0.15) is 13.2 Å². The van der Waals surface area contributed by atoms with Crippen molar-refractivity contribution >= 4 is 17.9 Å². The number of rotatable bonds is 5. The van der Waals surface area contributed by atoms with Crippen LogP contribution in [0, 0.1) is 5.82 Å². The maximum atomic E-state index is 14.2. The largest absolute Gasteiger partial charge is 0.486 e. The van der Waals surface area contributed by atoms with Gasteiger partial charge in [0.2, 0.25) is 5.91 Å². The van der Waals surface area contributed by atoms with Crippen LogP contribution in [-0.2, 0) is 4.79 Å². The molecule has 2 aromatic rings. The van der Waals surface area contributed by atoms with E-state index in [2.05, 4.69) is 4.31 Å². The summed E-state index contributed by atoms with van der Waals surface area (Å²) in [5.41, 5.74) is 3.45. The van der Waals surface area contributed by atoms with Crippen LogP contribution >= 0.6 is 11.9 Å². The minimum absolute atomic E-state index is 0.0321. The smallest absolute Gasteiger partial charge is 0.233 e. The van der Waals surface area contributed by atoms with Crippen molar-refractivity contribution in [2.24, 2.45) is 0 Å². The van der Waals surface area contributed by atoms with E-state index in [0.29, 0.717) is 32.1 Å². The van der Waals surface area contributed by atoms with E-state index < -0.39 is 11.7 Å². The van der Waals surface area contributed by atoms with E-state index in [1.165, 1.54) is 29.2 Å². The molecule has 162 valence electrons. The number of amides is 1. The number of hydrogen-bond donors (Lipinski definition) is 1. The lowest BCUT2D eigenvalue weighted by atomic mass is 9.92. The van der Waals surface area contributed by atoms with Crippen LogP contribution in [0.5, 0.6) is 11.5 Å². The molecule has 2 fully saturated rings. The molecule has 5 rings (SSSR count). The first-order valence-electron chi connectivity index (χ1n) is 10.3. The SMILES string of the molecule is O=C(C(CO)c1ccccc1)N1CC(=C2CN(Sc3cc(F)c4c(c3)OCCO4)C2)C1. The Bertz CT molecular complexity index is 1010. The normalized spacial score (nSPS) is 19.0. The van der Waals surface area contributed by atoms with E-state index >= 15 is 0 Å². The van der Waals surface area contributed by atoms with Crippen LogP contribution in [0.2, 0.25) is 0 Å². The molecule has 0 radical (unpaired) electrons. The number of nitrogens with zero attached hydrogens (tertiary/aromatic N) is 2. The Hall–Kier alpha value is -2.55. The van der Waals surface area contributed by atoms with Crippen LogP contribution in [0.25, 0.3) is 0 Å². The second kappa shape index (κ2) is 8.53. The van der Waals surface area contributed by atoms with Crippen molar-refractivity contribution in [2.45, 2.75) is 10.8 Å². The first kappa shape index (κ1) is 20.4. The molecule has 0 bridgehead atoms. The Balaban J connectivity index is 1.15. The standard InChI is InChI=1S/C23H23FN2O4S/c24-20-8-18(9-21-22(20)30-7-6-29-21)31-26-12-17(13-26)16-10-25(11-16)23(28)19(14-27)15-4-2-1-3-5-15/h1-5,8-9,19,27H,6-7,10-14H2. The first-order chi connectivity index (χ1) is 15.1. The zero-order chi connectivity index (χ0) is 21.4. The molecule has 6 nitrogen and oxygen atoms in total. The molecular weight excluding hydrogens is 419 g/mol. The molecule has 31 heavy (non-hydrogen) atoms. The van der Waals surface area contributed by atoms with Gasteiger partial charge in [0.25, 0.3) is 0 Å². The summed E-state index contributed by atoms with van der Waals surface area (Å²) >= 11 is 1.50. The Morgan fingerprint density at radius 1 is 1.06 bits per heavy atom. The molecule has 1 N–H and O–H groups in total. The third-order valence-corrected chi connectivity index (χ3v) is 6.76. The Morgan fingerprint density at radius 3 is 2.52 bits per heavy atom. The number of aliphatic hydroxyl groups excluding tert-OH is 1. The van der Waals surface area contributed by atoms with Crippen molar-refractivity contribution in [3.05, 3.63) is 65.0 Å². The van der Waals surface area contributed by atoms with E-state index in [0.717, 1.165) is 23.5 Å². The van der Waals surface area contributed by atoms with Crippen molar-refractivity contribution in [3.8, 4) is 11.5 Å². The van der Waals surface area contributed by atoms with E-state index in [-0.39, 0.29) is 18.3 Å². The van der Waals surface area contributed by atoms with E-state index in [4.69, 9.17) is 9.47 Å². The lowest BCUT2D eigenvalue weighted by Crippen LogP contribution is -2.50. The third-order valence-electron chi connectivity index (χ3n) is 5.80. The summed E-state index contributed by atoms with van der Waals surface area (Å²) < 4.78 is 27.2. The lowest BCUT2D eigenvalue weighted by Gasteiger charge is -2.42. The molecule has 0 saturated carbocycles. The van der Waals surface area contributed by atoms with Gasteiger partial charge in [0.05, 0.1) is 12.5 Å². The predicted molar refractivity (Wildman–Crippen MR) is 115 cm³/mol. The third kappa shape index (κ3) is 4.03. The van der Waals surface area contributed by atoms with Gasteiger partial charge in [0.15, 0.2) is 17.3 Å². The molecule has 1 unspecified atom stereocenters. The minimum Gasteiger partial charge on any atom is -0.486 e. The number of fused-ring (bicyclic) bond motifs is 1. The van der Waals surface area contributed by atoms with Crippen molar-refractivity contribution in [1.82, 2.24) is 9.21 Å². The maximum Gasteiger partial charge on any atom is 0.233 e. The van der Waals surface area contributed by atoms with Gasteiger partial charge < -0.3 is 19.5 Å². The molecule has 1 amide bonds. The zero-order valence-electron chi connectivity index (χ0n) is 16.9. The van der Waals surface area contributed by atoms with Gasteiger partial charge in [0, 0.05) is 31.1 Å². The molecule has 3 heterocycles. The second-order valence-electron chi connectivity index (χ2n) is 7.87. The van der Waals surface area contributed by atoms with Gasteiger partial charge in [-0.25, -0.2) is 8.70 Å². The number of ether oxygens (including phenoxy) is 2. The van der Waals surface area contributed by atoms with Crippen LogP contribution in [0.3, 0.4) is 0 Å². The minimum atomic E-state index is -0.508. The van der Waals surface area contributed by atoms with Gasteiger partial charge in [-0.1, -0.05) is 30.3 Å². The number of halogens is 1. The molecule has 2 saturated heterocycles. The average molecular weight is 443 g/mol. The number of carbonyl (C=O) groups excluding carboxylic acids is 1. The summed E-state index contributed by atoms with van der Waals surface area (Å²) in [6.07, 6.45) is 0. The number of hydrogen-bond acceptors (Lipinski definition) is 6. The first-order valence-corrected chi connectivity index (χ1v) is 11.1. The van der Waals surface area contributed by atoms with E-state index in [9.17, 15) is 14.3 Å². The van der Waals surface area contributed by atoms with E-state index in [1.807, 2.05) is 36.4 Å². The summed E-state index contributed by atoms with van der Waals surface area (Å²) in [5.74, 6) is -0.291. The number of aliphatic hydroxyl groups is 1. The average Bonchev–Trinajstić information content (AvgIpc) is 2.72. The maximum absolute atomic E-state index is 14.2. The molecule has 2 aromatic carbocycles. The summed E-state index contributed by atoms with van der Waals surface area (Å²) in [6, 6.07) is 12.7. The van der Waals surface area contributed by atoms with Gasteiger partial charge >= 0.3 is 0 Å². The van der Waals surface area contributed by atoms with Gasteiger partial charge in [-0.15, -0.1) is 0 Å². The number of likely N-dealkylation sites (tertiary alicyclic amines) is 1. The van der Waals surface area contributed by atoms with Crippen molar-refractivity contribution in [1.29, 1.82) is 0 Å². The number of carbonyl (C=O) groups is 1. The summed E-state index contributed by atoms with van der Waals surface area (Å²) in [5, 5.41) is 9.71. The van der Waals surface area contributed by atoms with Crippen molar-refractivity contribution in [3.63, 3.8) is 0 Å². The highest BCUT2D eigenvalue weighted by atomic mass is 32.2. The fourth-order valence-electron chi connectivity index (χ4n) is 3.98. The summed E-state index contributed by atoms with van der Waals surface area (Å²) in [7, 11) is 0. The molecule has 0 aromatic heterocycles. The Labute approximate surface area is 184 Å². The molecular formula is C23H23FN2O4S. The van der Waals surface area contributed by atoms with Crippen LogP contribution in [0.1, 0.15) is 11.5 Å². The second-order valence-corrected chi connectivity index (χ2v) is 9.04. The van der Waals surface area contributed by atoms with Crippen molar-refractivity contribution < 1.29 is 23.8 Å². The van der Waals surface area contributed by atoms with E-state index in [1.54, 1.807) is 4.90 Å². The van der Waals surface area contributed by atoms with Gasteiger partial charge in [-0.3, -0.25) is 4.79 Å². The molecule has 3 aliphatic rings. The number of benzene rings is 2. The highest BCUT2D eigenvalue weighted by Crippen LogP contribution is 2.40. The molecule has 3 aliphatic heterocycles. The highest BCUT2D eigenvalue weighted by Gasteiger charge is 2.35. The molecule has 0 spiro atoms. The van der Waals surface area contributed by atoms with Crippen molar-refractivity contribution in [2.75, 3.05) is 46.0 Å². The monoisotopic (exact) mass is 442 g/mol. The molecule has 8 heteroatoms. The fourth-order valence-corrected chi connectivity index (χ4v) is 5.04. The fraction of sp³-hybridized carbons (Fsp3) is 0.348. The van der Waals surface area contributed by atoms with Crippen LogP contribution in [0.15, 0.2) is 58.5 Å². The topological polar surface area (TPSA) is 62.2 Å². The van der Waals surface area contributed by atoms with Crippen LogP contribution in [0.4, 0.5) is 4.39 Å². The molecule has 0 aliphatic carbocycles. The Kier molecular flexibility index (Phi) is 5.60.